The zero-order valence-electron chi connectivity index (χ0n) is 16.6. The Labute approximate surface area is 167 Å². The van der Waals surface area contributed by atoms with E-state index in [9.17, 15) is 13.9 Å². The number of rotatable bonds is 4. The zero-order chi connectivity index (χ0) is 20.8. The number of pyridine rings is 2. The highest BCUT2D eigenvalue weighted by Crippen LogP contribution is 2.39. The summed E-state index contributed by atoms with van der Waals surface area (Å²) in [6.45, 7) is 7.03. The molecule has 29 heavy (non-hydrogen) atoms. The van der Waals surface area contributed by atoms with Crippen molar-refractivity contribution in [2.45, 2.75) is 38.5 Å². The van der Waals surface area contributed by atoms with Crippen LogP contribution in [0.5, 0.6) is 0 Å². The first kappa shape index (κ1) is 19.8. The van der Waals surface area contributed by atoms with E-state index in [1.165, 1.54) is 0 Å². The smallest absolute Gasteiger partial charge is 0.179 e. The molecule has 4 rings (SSSR count). The Hall–Kier alpha value is -2.52. The van der Waals surface area contributed by atoms with Crippen LogP contribution in [0.4, 0.5) is 20.4 Å². The van der Waals surface area contributed by atoms with Gasteiger partial charge in [-0.25, -0.2) is 18.7 Å². The van der Waals surface area contributed by atoms with Gasteiger partial charge in [0.15, 0.2) is 17.5 Å². The quantitative estimate of drug-likeness (QED) is 0.821. The van der Waals surface area contributed by atoms with E-state index in [1.54, 1.807) is 30.2 Å². The first-order chi connectivity index (χ1) is 13.8. The number of piperazine rings is 1. The molecule has 0 saturated carbocycles. The third-order valence-corrected chi connectivity index (χ3v) is 5.93. The second-order valence-corrected chi connectivity index (χ2v) is 8.03. The molecule has 154 valence electrons. The van der Waals surface area contributed by atoms with E-state index in [-0.39, 0.29) is 23.5 Å². The third-order valence-electron chi connectivity index (χ3n) is 5.93. The number of halogens is 2. The van der Waals surface area contributed by atoms with E-state index in [0.717, 1.165) is 6.07 Å². The summed E-state index contributed by atoms with van der Waals surface area (Å²) in [7, 11) is 0. The molecule has 9 heteroatoms. The summed E-state index contributed by atoms with van der Waals surface area (Å²) >= 11 is 0. The molecule has 0 aromatic carbocycles. The Morgan fingerprint density at radius 2 is 2.10 bits per heavy atom. The Kier molecular flexibility index (Phi) is 5.04. The van der Waals surface area contributed by atoms with Gasteiger partial charge in [-0.1, -0.05) is 19.9 Å². The van der Waals surface area contributed by atoms with Gasteiger partial charge in [0.1, 0.15) is 17.6 Å². The van der Waals surface area contributed by atoms with Gasteiger partial charge in [0, 0.05) is 37.5 Å². The van der Waals surface area contributed by atoms with Crippen LogP contribution in [-0.2, 0) is 0 Å². The van der Waals surface area contributed by atoms with Gasteiger partial charge in [-0.3, -0.25) is 0 Å². The van der Waals surface area contributed by atoms with Crippen LogP contribution in [-0.4, -0.2) is 46.4 Å². The number of nitrogens with one attached hydrogen (secondary N) is 1. The molecular formula is C20H24F2N6O. The summed E-state index contributed by atoms with van der Waals surface area (Å²) in [5.41, 5.74) is -0.331. The number of aliphatic hydroxyl groups is 1. The molecule has 3 atom stereocenters. The number of hydrogen-bond acceptors (Lipinski definition) is 7. The van der Waals surface area contributed by atoms with Gasteiger partial charge in [-0.2, -0.15) is 5.11 Å². The third kappa shape index (κ3) is 3.49. The molecule has 2 aliphatic rings. The van der Waals surface area contributed by atoms with Crippen molar-refractivity contribution in [1.82, 2.24) is 15.3 Å². The van der Waals surface area contributed by atoms with E-state index in [2.05, 4.69) is 25.5 Å². The molecule has 1 fully saturated rings. The number of fused-ring (bicyclic) bond motifs is 1. The first-order valence-corrected chi connectivity index (χ1v) is 9.71. The molecule has 0 bridgehead atoms. The van der Waals surface area contributed by atoms with Gasteiger partial charge in [0.25, 0.3) is 0 Å². The second-order valence-electron chi connectivity index (χ2n) is 8.03. The molecule has 2 aliphatic heterocycles. The van der Waals surface area contributed by atoms with Crippen molar-refractivity contribution < 1.29 is 13.9 Å². The molecule has 2 aromatic heterocycles. The highest BCUT2D eigenvalue weighted by molar-refractivity contribution is 5.49. The summed E-state index contributed by atoms with van der Waals surface area (Å²) < 4.78 is 29.3. The molecule has 2 N–H and O–H groups in total. The Balaban J connectivity index is 1.67. The monoisotopic (exact) mass is 402 g/mol. The van der Waals surface area contributed by atoms with E-state index in [0.29, 0.717) is 31.0 Å². The van der Waals surface area contributed by atoms with Crippen LogP contribution in [0.2, 0.25) is 0 Å². The minimum Gasteiger partial charge on any atom is -0.388 e. The lowest BCUT2D eigenvalue weighted by Gasteiger charge is -2.43. The summed E-state index contributed by atoms with van der Waals surface area (Å²) in [6.07, 6.45) is 1.58. The minimum atomic E-state index is -0.984. The molecule has 1 saturated heterocycles. The lowest BCUT2D eigenvalue weighted by atomic mass is 9.84. The van der Waals surface area contributed by atoms with Crippen LogP contribution >= 0.6 is 0 Å². The SMILES string of the molecule is CC(C)C(C)(O)C1CN(c2nc(C3N=Nc4ncccc43)c(F)cc2F)CCN1. The fraction of sp³-hybridized carbons (Fsp3) is 0.500. The van der Waals surface area contributed by atoms with Crippen molar-refractivity contribution >= 4 is 11.6 Å². The van der Waals surface area contributed by atoms with Crippen molar-refractivity contribution in [3.63, 3.8) is 0 Å². The van der Waals surface area contributed by atoms with Crippen molar-refractivity contribution in [3.05, 3.63) is 47.3 Å². The fourth-order valence-corrected chi connectivity index (χ4v) is 3.70. The van der Waals surface area contributed by atoms with Crippen molar-refractivity contribution in [2.75, 3.05) is 24.5 Å². The fourth-order valence-electron chi connectivity index (χ4n) is 3.70. The standard InChI is InChI=1S/C20H24F2N6O/c1-11(2)20(3,29)15-10-28(8-7-23-15)19-14(22)9-13(21)17(25-19)16-12-5-4-6-24-18(12)27-26-16/h4-6,9,11,15-16,23,29H,7-8,10H2,1-3H3. The normalized spacial score (nSPS) is 23.3. The Bertz CT molecular complexity index is 949. The van der Waals surface area contributed by atoms with Crippen LogP contribution in [0.1, 0.15) is 38.1 Å². The molecule has 0 amide bonds. The van der Waals surface area contributed by atoms with Crippen molar-refractivity contribution in [1.29, 1.82) is 0 Å². The lowest BCUT2D eigenvalue weighted by Crippen LogP contribution is -2.62. The van der Waals surface area contributed by atoms with Gasteiger partial charge in [-0.15, -0.1) is 5.11 Å². The summed E-state index contributed by atoms with van der Waals surface area (Å²) in [5, 5.41) is 22.2. The van der Waals surface area contributed by atoms with Crippen LogP contribution in [0.15, 0.2) is 34.6 Å². The van der Waals surface area contributed by atoms with Crippen molar-refractivity contribution in [2.24, 2.45) is 16.1 Å². The highest BCUT2D eigenvalue weighted by Gasteiger charge is 2.39. The molecule has 0 aliphatic carbocycles. The summed E-state index contributed by atoms with van der Waals surface area (Å²) in [5.74, 6) is -1.03. The molecular weight excluding hydrogens is 378 g/mol. The average Bonchev–Trinajstić information content (AvgIpc) is 3.12. The number of hydrogen-bond donors (Lipinski definition) is 2. The van der Waals surface area contributed by atoms with E-state index in [1.807, 2.05) is 13.8 Å². The second kappa shape index (κ2) is 7.38. The molecule has 0 radical (unpaired) electrons. The van der Waals surface area contributed by atoms with Crippen LogP contribution in [0.25, 0.3) is 0 Å². The largest absolute Gasteiger partial charge is 0.388 e. The Morgan fingerprint density at radius 3 is 2.86 bits per heavy atom. The van der Waals surface area contributed by atoms with Gasteiger partial charge in [0.2, 0.25) is 0 Å². The van der Waals surface area contributed by atoms with Crippen molar-refractivity contribution in [3.8, 4) is 0 Å². The number of anilines is 1. The molecule has 0 spiro atoms. The maximum Gasteiger partial charge on any atom is 0.179 e. The zero-order valence-corrected chi connectivity index (χ0v) is 16.6. The minimum absolute atomic E-state index is 0.00411. The highest BCUT2D eigenvalue weighted by atomic mass is 19.1. The number of aromatic nitrogens is 2. The number of nitrogens with zero attached hydrogens (tertiary/aromatic N) is 5. The van der Waals surface area contributed by atoms with E-state index >= 15 is 0 Å². The predicted molar refractivity (Wildman–Crippen MR) is 104 cm³/mol. The van der Waals surface area contributed by atoms with Gasteiger partial charge in [-0.05, 0) is 18.9 Å². The maximum absolute atomic E-state index is 14.7. The molecule has 2 aromatic rings. The van der Waals surface area contributed by atoms with Gasteiger partial charge in [0.05, 0.1) is 11.6 Å². The average molecular weight is 402 g/mol. The van der Waals surface area contributed by atoms with Gasteiger partial charge < -0.3 is 15.3 Å². The van der Waals surface area contributed by atoms with Crippen LogP contribution in [0, 0.1) is 17.6 Å². The molecule has 7 nitrogen and oxygen atoms in total. The Morgan fingerprint density at radius 1 is 1.31 bits per heavy atom. The van der Waals surface area contributed by atoms with Gasteiger partial charge >= 0.3 is 0 Å². The molecule has 3 unspecified atom stereocenters. The maximum atomic E-state index is 14.7. The van der Waals surface area contributed by atoms with Crippen LogP contribution in [0.3, 0.4) is 0 Å². The van der Waals surface area contributed by atoms with Crippen LogP contribution < -0.4 is 10.2 Å². The summed E-state index contributed by atoms with van der Waals surface area (Å²) in [4.78, 5) is 10.2. The summed E-state index contributed by atoms with van der Waals surface area (Å²) in [6, 6.07) is 3.30. The molecule has 4 heterocycles. The van der Waals surface area contributed by atoms with E-state index in [4.69, 9.17) is 0 Å². The first-order valence-electron chi connectivity index (χ1n) is 9.71. The lowest BCUT2D eigenvalue weighted by molar-refractivity contribution is -0.0232. The van der Waals surface area contributed by atoms with E-state index < -0.39 is 23.3 Å². The predicted octanol–water partition coefficient (Wildman–Crippen LogP) is 3.13. The number of azo groups is 1. The topological polar surface area (TPSA) is 86.0 Å².